The Bertz CT molecular complexity index is 195. The molecule has 1 aromatic heterocycles. The van der Waals surface area contributed by atoms with Crippen molar-refractivity contribution in [1.29, 1.82) is 0 Å². The summed E-state index contributed by atoms with van der Waals surface area (Å²) < 4.78 is 40.8. The first-order valence-corrected chi connectivity index (χ1v) is 2.94. The topological polar surface area (TPSA) is 22.1 Å². The molecule has 6 heteroatoms. The molecule has 1 heterocycles. The van der Waals surface area contributed by atoms with Gasteiger partial charge in [-0.25, -0.2) is 0 Å². The zero-order chi connectivity index (χ0) is 7.61. The highest BCUT2D eigenvalue weighted by Gasteiger charge is 2.31. The summed E-state index contributed by atoms with van der Waals surface area (Å²) in [7, 11) is 0. The van der Waals surface area contributed by atoms with Crippen molar-refractivity contribution in [3.05, 3.63) is 12.3 Å². The van der Waals surface area contributed by atoms with Gasteiger partial charge >= 0.3 is 6.36 Å². The molecule has 0 N–H and O–H groups in total. The van der Waals surface area contributed by atoms with Crippen molar-refractivity contribution in [3.63, 3.8) is 0 Å². The van der Waals surface area contributed by atoms with Gasteiger partial charge < -0.3 is 4.74 Å². The lowest BCUT2D eigenvalue weighted by molar-refractivity contribution is -0.273. The average molecular weight is 168 g/mol. The number of rotatable bonds is 1. The van der Waals surface area contributed by atoms with Crippen LogP contribution in [0.1, 0.15) is 0 Å². The first kappa shape index (κ1) is 7.33. The number of ether oxygens (including phenoxy) is 1. The molecule has 1 rings (SSSR count). The van der Waals surface area contributed by atoms with Crippen LogP contribution in [0.2, 0.25) is 0 Å². The molecule has 0 atom stereocenters. The minimum atomic E-state index is -4.62. The minimum Gasteiger partial charge on any atom is -0.394 e. The van der Waals surface area contributed by atoms with Crippen LogP contribution < -0.4 is 4.74 Å². The molecular weight excluding hydrogens is 167 g/mol. The van der Waals surface area contributed by atoms with Crippen LogP contribution in [-0.4, -0.2) is 10.7 Å². The highest BCUT2D eigenvalue weighted by atomic mass is 32.1. The second-order valence-corrected chi connectivity index (χ2v) is 2.09. The lowest BCUT2D eigenvalue weighted by atomic mass is 10.7. The van der Waals surface area contributed by atoms with Crippen LogP contribution in [0.3, 0.4) is 0 Å². The fourth-order valence-corrected chi connectivity index (χ4v) is 0.771. The molecule has 0 aliphatic carbocycles. The first-order valence-electron chi connectivity index (χ1n) is 2.16. The summed E-state index contributed by atoms with van der Waals surface area (Å²) in [5, 5.41) is -0.299. The number of alkyl halides is 3. The predicted molar refractivity (Wildman–Crippen MR) is 27.6 cm³/mol. The van der Waals surface area contributed by atoms with E-state index in [2.05, 4.69) is 15.3 Å². The lowest BCUT2D eigenvalue weighted by Gasteiger charge is -2.03. The molecule has 0 aliphatic rings. The molecule has 0 saturated heterocycles. The third-order valence-electron chi connectivity index (χ3n) is 0.587. The fraction of sp³-hybridized carbons (Fsp3) is 0.250. The average Bonchev–Trinajstić information content (AvgIpc) is 2.12. The molecule has 0 amide bonds. The number of nitrogens with zero attached hydrogens (tertiary/aromatic N) is 1. The molecule has 0 bridgehead atoms. The second-order valence-electron chi connectivity index (χ2n) is 1.32. The monoisotopic (exact) mass is 168 g/mol. The van der Waals surface area contributed by atoms with E-state index in [0.29, 0.717) is 11.5 Å². The van der Waals surface area contributed by atoms with Gasteiger partial charge in [0.1, 0.15) is 6.20 Å². The van der Waals surface area contributed by atoms with Crippen LogP contribution in [0.15, 0.2) is 6.07 Å². The van der Waals surface area contributed by atoms with Crippen LogP contribution in [-0.2, 0) is 0 Å². The predicted octanol–water partition coefficient (Wildman–Crippen LogP) is 1.84. The highest BCUT2D eigenvalue weighted by Crippen LogP contribution is 2.24. The fourth-order valence-electron chi connectivity index (χ4n) is 0.339. The lowest BCUT2D eigenvalue weighted by Crippen LogP contribution is -2.16. The molecule has 0 saturated carbocycles. The molecule has 0 spiro atoms. The summed E-state index contributed by atoms with van der Waals surface area (Å²) in [4.78, 5) is 0. The van der Waals surface area contributed by atoms with Crippen LogP contribution in [0.25, 0.3) is 0 Å². The summed E-state index contributed by atoms with van der Waals surface area (Å²) in [5.41, 5.74) is 0. The molecule has 1 radical (unpaired) electrons. The van der Waals surface area contributed by atoms with E-state index in [1.54, 1.807) is 0 Å². The van der Waals surface area contributed by atoms with Gasteiger partial charge in [0.25, 0.3) is 0 Å². The Balaban J connectivity index is 2.57. The van der Waals surface area contributed by atoms with Crippen molar-refractivity contribution < 1.29 is 17.9 Å². The normalized spacial score (nSPS) is 11.5. The van der Waals surface area contributed by atoms with E-state index in [0.717, 1.165) is 6.07 Å². The SMILES string of the molecule is FC(F)(F)Oc1c[c]ns1. The van der Waals surface area contributed by atoms with Gasteiger partial charge in [0.05, 0.1) is 0 Å². The third kappa shape index (κ3) is 2.22. The Kier molecular flexibility index (Phi) is 1.80. The largest absolute Gasteiger partial charge is 0.573 e. The van der Waals surface area contributed by atoms with E-state index < -0.39 is 6.36 Å². The second kappa shape index (κ2) is 2.45. The number of halogens is 3. The maximum atomic E-state index is 11.4. The van der Waals surface area contributed by atoms with Crippen molar-refractivity contribution in [2.45, 2.75) is 6.36 Å². The van der Waals surface area contributed by atoms with Gasteiger partial charge in [-0.1, -0.05) is 0 Å². The van der Waals surface area contributed by atoms with E-state index in [4.69, 9.17) is 0 Å². The Morgan fingerprint density at radius 2 is 2.30 bits per heavy atom. The summed E-state index contributed by atoms with van der Waals surface area (Å²) >= 11 is 0.602. The van der Waals surface area contributed by atoms with Gasteiger partial charge in [0.15, 0.2) is 0 Å². The van der Waals surface area contributed by atoms with Crippen molar-refractivity contribution >= 4 is 11.5 Å². The third-order valence-corrected chi connectivity index (χ3v) is 1.16. The van der Waals surface area contributed by atoms with Gasteiger partial charge in [0.2, 0.25) is 5.06 Å². The van der Waals surface area contributed by atoms with E-state index >= 15 is 0 Å². The van der Waals surface area contributed by atoms with Gasteiger partial charge in [-0.3, -0.25) is 0 Å². The molecule has 0 unspecified atom stereocenters. The Morgan fingerprint density at radius 3 is 2.70 bits per heavy atom. The number of hydrogen-bond donors (Lipinski definition) is 0. The molecule has 1 aromatic rings. The zero-order valence-corrected chi connectivity index (χ0v) is 5.29. The Morgan fingerprint density at radius 1 is 1.60 bits per heavy atom. The van der Waals surface area contributed by atoms with Gasteiger partial charge in [-0.05, 0) is 0 Å². The quantitative estimate of drug-likeness (QED) is 0.638. The van der Waals surface area contributed by atoms with Crippen molar-refractivity contribution in [2.75, 3.05) is 0 Å². The Hall–Kier alpha value is -0.780. The van der Waals surface area contributed by atoms with E-state index in [1.165, 1.54) is 0 Å². The summed E-state index contributed by atoms with van der Waals surface area (Å²) in [6.45, 7) is 0. The van der Waals surface area contributed by atoms with Crippen molar-refractivity contribution in [1.82, 2.24) is 4.37 Å². The molecular formula is C4HF3NOS. The summed E-state index contributed by atoms with van der Waals surface area (Å²) in [6, 6.07) is 1.03. The van der Waals surface area contributed by atoms with Crippen molar-refractivity contribution in [2.24, 2.45) is 0 Å². The molecule has 0 aromatic carbocycles. The zero-order valence-electron chi connectivity index (χ0n) is 4.47. The van der Waals surface area contributed by atoms with Gasteiger partial charge in [-0.15, -0.1) is 13.2 Å². The van der Waals surface area contributed by atoms with Crippen LogP contribution >= 0.6 is 11.5 Å². The highest BCUT2D eigenvalue weighted by molar-refractivity contribution is 7.07. The van der Waals surface area contributed by atoms with Crippen LogP contribution in [0, 0.1) is 6.20 Å². The van der Waals surface area contributed by atoms with Gasteiger partial charge in [-0.2, -0.15) is 4.37 Å². The number of hydrogen-bond acceptors (Lipinski definition) is 3. The summed E-state index contributed by atoms with van der Waals surface area (Å²) in [5.74, 6) is 0. The standard InChI is InChI=1S/C4HF3NOS/c5-4(6,7)9-3-1-2-8-10-3/h1H. The molecule has 10 heavy (non-hydrogen) atoms. The van der Waals surface area contributed by atoms with Crippen molar-refractivity contribution in [3.8, 4) is 5.06 Å². The number of aromatic nitrogens is 1. The van der Waals surface area contributed by atoms with Crippen LogP contribution in [0.4, 0.5) is 13.2 Å². The molecule has 55 valence electrons. The minimum absolute atomic E-state index is 0.299. The molecule has 0 fully saturated rings. The van der Waals surface area contributed by atoms with E-state index in [-0.39, 0.29) is 5.06 Å². The van der Waals surface area contributed by atoms with E-state index in [9.17, 15) is 13.2 Å². The van der Waals surface area contributed by atoms with Gasteiger partial charge in [0, 0.05) is 17.6 Å². The Labute approximate surface area is 58.4 Å². The smallest absolute Gasteiger partial charge is 0.394 e. The molecule has 0 aliphatic heterocycles. The summed E-state index contributed by atoms with van der Waals surface area (Å²) in [6.07, 6.45) is -2.43. The molecule has 2 nitrogen and oxygen atoms in total. The maximum Gasteiger partial charge on any atom is 0.573 e. The maximum absolute atomic E-state index is 11.4. The van der Waals surface area contributed by atoms with Crippen LogP contribution in [0.5, 0.6) is 5.06 Å². The first-order chi connectivity index (χ1) is 4.58. The van der Waals surface area contributed by atoms with E-state index in [1.807, 2.05) is 0 Å².